The van der Waals surface area contributed by atoms with Gasteiger partial charge in [0.05, 0.1) is 22.5 Å². The summed E-state index contributed by atoms with van der Waals surface area (Å²) in [5, 5.41) is 9.33. The van der Waals surface area contributed by atoms with E-state index in [0.29, 0.717) is 0 Å². The van der Waals surface area contributed by atoms with Gasteiger partial charge in [-0.15, -0.1) is 10.2 Å². The highest BCUT2D eigenvalue weighted by atomic mass is 32.2. The second kappa shape index (κ2) is 9.86. The average Bonchev–Trinajstić information content (AvgIpc) is 2.81. The van der Waals surface area contributed by atoms with Crippen molar-refractivity contribution in [2.45, 2.75) is 49.6 Å². The van der Waals surface area contributed by atoms with Crippen molar-refractivity contribution in [3.63, 3.8) is 0 Å². The second-order valence-electron chi connectivity index (χ2n) is 9.40. The van der Waals surface area contributed by atoms with Gasteiger partial charge in [-0.1, -0.05) is 19.4 Å². The molecule has 1 aliphatic carbocycles. The number of rotatable bonds is 7. The molecule has 4 rings (SSSR count). The molecule has 0 aliphatic heterocycles. The van der Waals surface area contributed by atoms with E-state index in [2.05, 4.69) is 27.4 Å². The third-order valence-electron chi connectivity index (χ3n) is 6.52. The minimum atomic E-state index is -4.87. The molecule has 0 bridgehead atoms. The summed E-state index contributed by atoms with van der Waals surface area (Å²) in [7, 11) is -1.72. The van der Waals surface area contributed by atoms with Crippen molar-refractivity contribution in [2.75, 3.05) is 18.7 Å². The number of carbonyl (C=O) groups excluding carboxylic acids is 1. The number of alkyl halides is 3. The molecule has 1 fully saturated rings. The molecule has 0 saturated heterocycles. The molecule has 38 heavy (non-hydrogen) atoms. The molecule has 1 aromatic carbocycles. The number of anilines is 1. The van der Waals surface area contributed by atoms with Gasteiger partial charge in [-0.05, 0) is 55.7 Å². The minimum Gasteiger partial charge on any atom is -0.478 e. The van der Waals surface area contributed by atoms with Crippen molar-refractivity contribution >= 4 is 21.3 Å². The molecule has 2 heterocycles. The van der Waals surface area contributed by atoms with Crippen LogP contribution >= 0.6 is 0 Å². The maximum absolute atomic E-state index is 13.6. The Morgan fingerprint density at radius 3 is 2.45 bits per heavy atom. The summed E-state index contributed by atoms with van der Waals surface area (Å²) in [6.07, 6.45) is -0.651. The molecule has 202 valence electrons. The Morgan fingerprint density at radius 1 is 1.16 bits per heavy atom. The predicted molar refractivity (Wildman–Crippen MR) is 133 cm³/mol. The van der Waals surface area contributed by atoms with Crippen LogP contribution in [0.2, 0.25) is 0 Å². The van der Waals surface area contributed by atoms with Crippen molar-refractivity contribution in [3.8, 4) is 17.5 Å². The number of benzene rings is 1. The lowest BCUT2D eigenvalue weighted by Crippen LogP contribution is -2.31. The van der Waals surface area contributed by atoms with Crippen LogP contribution in [0, 0.1) is 11.7 Å². The number of ether oxygens (including phenoxy) is 2. The maximum Gasteiger partial charge on any atom is 0.435 e. The molecular formula is C25H26F3N5O4S. The molecule has 2 aromatic heterocycles. The van der Waals surface area contributed by atoms with Crippen molar-refractivity contribution < 1.29 is 31.6 Å². The number of hydrogen-bond acceptors (Lipinski definition) is 8. The highest BCUT2D eigenvalue weighted by molar-refractivity contribution is 7.91. The first-order chi connectivity index (χ1) is 17.7. The molecule has 2 N–H and O–H groups in total. The Morgan fingerprint density at radius 2 is 1.87 bits per heavy atom. The van der Waals surface area contributed by atoms with Crippen molar-refractivity contribution in [2.24, 2.45) is 0 Å². The molecular weight excluding hydrogens is 523 g/mol. The summed E-state index contributed by atoms with van der Waals surface area (Å²) in [6, 6.07) is 9.00. The molecule has 1 saturated carbocycles. The fourth-order valence-corrected chi connectivity index (χ4v) is 4.86. The first kappa shape index (κ1) is 27.3. The maximum atomic E-state index is 13.6. The zero-order chi connectivity index (χ0) is 27.9. The van der Waals surface area contributed by atoms with Gasteiger partial charge in [-0.3, -0.25) is 4.79 Å². The quantitative estimate of drug-likeness (QED) is 0.385. The topological polar surface area (TPSA) is 127 Å². The van der Waals surface area contributed by atoms with Crippen LogP contribution in [0.1, 0.15) is 53.5 Å². The van der Waals surface area contributed by atoms with Crippen molar-refractivity contribution in [3.05, 3.63) is 58.9 Å². The highest BCUT2D eigenvalue weighted by Crippen LogP contribution is 2.44. The minimum absolute atomic E-state index is 0.0450. The molecule has 0 spiro atoms. The van der Waals surface area contributed by atoms with E-state index in [0.717, 1.165) is 31.9 Å². The van der Waals surface area contributed by atoms with Gasteiger partial charge in [0.1, 0.15) is 5.56 Å². The van der Waals surface area contributed by atoms with Crippen LogP contribution in [0.3, 0.4) is 0 Å². The van der Waals surface area contributed by atoms with Crippen LogP contribution in [-0.4, -0.2) is 38.7 Å². The Labute approximate surface area is 217 Å². The first-order valence-corrected chi connectivity index (χ1v) is 13.5. The number of halogens is 3. The molecule has 3 aromatic rings. The van der Waals surface area contributed by atoms with Crippen molar-refractivity contribution in [1.29, 1.82) is 4.78 Å². The SMILES string of the molecule is COc1nc(C2(C)CCC2)ccc1Oc1nnc(C(F)(F)F)c(C)c1C(=O)Nc1cccc(S(C)(=N)=O)c1. The lowest BCUT2D eigenvalue weighted by Gasteiger charge is -2.37. The van der Waals surface area contributed by atoms with E-state index in [4.69, 9.17) is 14.3 Å². The summed E-state index contributed by atoms with van der Waals surface area (Å²) in [5.41, 5.74) is -1.52. The number of pyridine rings is 1. The van der Waals surface area contributed by atoms with Crippen molar-refractivity contribution in [1.82, 2.24) is 15.2 Å². The number of carbonyl (C=O) groups is 1. The fourth-order valence-electron chi connectivity index (χ4n) is 4.17. The Balaban J connectivity index is 1.75. The number of amides is 1. The Hall–Kier alpha value is -3.74. The normalized spacial score (nSPS) is 16.2. The lowest BCUT2D eigenvalue weighted by molar-refractivity contribution is -0.142. The summed E-state index contributed by atoms with van der Waals surface area (Å²) in [5.74, 6) is -1.31. The van der Waals surface area contributed by atoms with E-state index in [1.165, 1.54) is 37.6 Å². The third-order valence-corrected chi connectivity index (χ3v) is 7.68. The van der Waals surface area contributed by atoms with E-state index < -0.39 is 44.5 Å². The van der Waals surface area contributed by atoms with E-state index >= 15 is 0 Å². The summed E-state index contributed by atoms with van der Waals surface area (Å²) in [4.78, 5) is 17.9. The molecule has 9 nitrogen and oxygen atoms in total. The van der Waals surface area contributed by atoms with E-state index in [1.807, 2.05) is 0 Å². The monoisotopic (exact) mass is 549 g/mol. The smallest absolute Gasteiger partial charge is 0.435 e. The van der Waals surface area contributed by atoms with Gasteiger partial charge in [-0.2, -0.15) is 13.2 Å². The van der Waals surface area contributed by atoms with Gasteiger partial charge >= 0.3 is 6.18 Å². The van der Waals surface area contributed by atoms with E-state index in [-0.39, 0.29) is 27.6 Å². The fraction of sp³-hybridized carbons (Fsp3) is 0.360. The van der Waals surface area contributed by atoms with Crippen LogP contribution in [0.5, 0.6) is 17.5 Å². The van der Waals surface area contributed by atoms with Gasteiger partial charge in [0, 0.05) is 22.3 Å². The first-order valence-electron chi connectivity index (χ1n) is 11.6. The van der Waals surface area contributed by atoms with Gasteiger partial charge in [0.25, 0.3) is 17.7 Å². The highest BCUT2D eigenvalue weighted by Gasteiger charge is 2.39. The largest absolute Gasteiger partial charge is 0.478 e. The molecule has 0 radical (unpaired) electrons. The standard InChI is InChI=1S/C25H26F3N5O4S/c1-14-19(21(34)30-15-7-5-8-16(13-15)38(4,29)35)23(33-32-20(14)25(26,27)28)37-17-9-10-18(31-22(17)36-3)24(2)11-6-12-24/h5,7-10,13,29H,6,11-12H2,1-4H3,(H,30,34). The number of nitrogens with one attached hydrogen (secondary N) is 2. The molecule has 13 heteroatoms. The van der Waals surface area contributed by atoms with Gasteiger partial charge in [-0.25, -0.2) is 14.0 Å². The zero-order valence-corrected chi connectivity index (χ0v) is 21.9. The predicted octanol–water partition coefficient (Wildman–Crippen LogP) is 5.73. The van der Waals surface area contributed by atoms with Crippen LogP contribution in [0.15, 0.2) is 41.3 Å². The van der Waals surface area contributed by atoms with E-state index in [9.17, 15) is 22.2 Å². The van der Waals surface area contributed by atoms with Gasteiger partial charge in [0.15, 0.2) is 11.4 Å². The summed E-state index contributed by atoms with van der Waals surface area (Å²) >= 11 is 0. The summed E-state index contributed by atoms with van der Waals surface area (Å²) < 4.78 is 71.8. The molecule has 1 unspecified atom stereocenters. The van der Waals surface area contributed by atoms with Crippen LogP contribution < -0.4 is 14.8 Å². The third kappa shape index (κ3) is 5.42. The van der Waals surface area contributed by atoms with Crippen LogP contribution in [0.4, 0.5) is 18.9 Å². The molecule has 1 atom stereocenters. The number of hydrogen-bond donors (Lipinski definition) is 2. The number of aromatic nitrogens is 3. The molecule has 1 aliphatic rings. The summed E-state index contributed by atoms with van der Waals surface area (Å²) in [6.45, 7) is 3.17. The Kier molecular flexibility index (Phi) is 7.08. The second-order valence-corrected chi connectivity index (χ2v) is 11.6. The average molecular weight is 550 g/mol. The number of methoxy groups -OCH3 is 1. The van der Waals surface area contributed by atoms with Crippen LogP contribution in [-0.2, 0) is 21.3 Å². The van der Waals surface area contributed by atoms with Gasteiger partial charge < -0.3 is 14.8 Å². The lowest BCUT2D eigenvalue weighted by atomic mass is 9.68. The number of nitrogens with zero attached hydrogens (tertiary/aromatic N) is 3. The van der Waals surface area contributed by atoms with E-state index in [1.54, 1.807) is 12.1 Å². The van der Waals surface area contributed by atoms with Crippen LogP contribution in [0.25, 0.3) is 0 Å². The molecule has 1 amide bonds. The van der Waals surface area contributed by atoms with Gasteiger partial charge in [0.2, 0.25) is 0 Å². The Bertz CT molecular complexity index is 1510. The zero-order valence-electron chi connectivity index (χ0n) is 21.1.